The molecular weight excluding hydrogens is 316 g/mol. The Morgan fingerprint density at radius 2 is 2.04 bits per heavy atom. The van der Waals surface area contributed by atoms with Crippen LogP contribution in [0.2, 0.25) is 0 Å². The number of carboxylic acid groups (broad SMARTS) is 1. The summed E-state index contributed by atoms with van der Waals surface area (Å²) in [7, 11) is 0. The van der Waals surface area contributed by atoms with E-state index in [1.165, 1.54) is 17.0 Å². The fraction of sp³-hybridized carbons (Fsp3) is 0.312. The van der Waals surface area contributed by atoms with Gasteiger partial charge in [0.1, 0.15) is 0 Å². The molecule has 3 rings (SSSR count). The van der Waals surface area contributed by atoms with E-state index in [-0.39, 0.29) is 11.6 Å². The molecule has 120 valence electrons. The number of nitro benzene ring substituents is 1. The molecule has 1 atom stereocenters. The molecule has 2 heterocycles. The maximum Gasteiger partial charge on any atom is 0.307 e. The average Bonchev–Trinajstić information content (AvgIpc) is 3.17. The number of aliphatic carboxylic acids is 1. The van der Waals surface area contributed by atoms with Crippen molar-refractivity contribution in [3.8, 4) is 10.4 Å². The fourth-order valence-electron chi connectivity index (χ4n) is 2.76. The van der Waals surface area contributed by atoms with Crippen LogP contribution in [-0.4, -0.2) is 34.0 Å². The lowest BCUT2D eigenvalue weighted by atomic mass is 10.1. The number of rotatable bonds is 5. The van der Waals surface area contributed by atoms with E-state index < -0.39 is 10.9 Å². The number of non-ortho nitro benzene ring substituents is 1. The molecule has 1 aliphatic heterocycles. The Morgan fingerprint density at radius 1 is 1.30 bits per heavy atom. The third kappa shape index (κ3) is 3.57. The lowest BCUT2D eigenvalue weighted by molar-refractivity contribution is -0.384. The van der Waals surface area contributed by atoms with Gasteiger partial charge >= 0.3 is 5.97 Å². The third-order valence-electron chi connectivity index (χ3n) is 4.03. The Morgan fingerprint density at radius 3 is 2.65 bits per heavy atom. The molecule has 1 fully saturated rings. The quantitative estimate of drug-likeness (QED) is 0.671. The minimum Gasteiger partial charge on any atom is -0.481 e. The van der Waals surface area contributed by atoms with Crippen molar-refractivity contribution >= 4 is 23.0 Å². The van der Waals surface area contributed by atoms with Gasteiger partial charge in [0, 0.05) is 35.0 Å². The number of benzene rings is 1. The van der Waals surface area contributed by atoms with Gasteiger partial charge in [-0.05, 0) is 42.8 Å². The molecule has 6 nitrogen and oxygen atoms in total. The van der Waals surface area contributed by atoms with E-state index in [0.29, 0.717) is 13.0 Å². The van der Waals surface area contributed by atoms with Crippen LogP contribution in [0, 0.1) is 16.0 Å². The number of nitro groups is 1. The number of carboxylic acids is 1. The van der Waals surface area contributed by atoms with Gasteiger partial charge in [-0.15, -0.1) is 11.3 Å². The first-order chi connectivity index (χ1) is 11.0. The molecule has 0 radical (unpaired) electrons. The van der Waals surface area contributed by atoms with E-state index in [0.717, 1.165) is 23.5 Å². The van der Waals surface area contributed by atoms with Crippen LogP contribution >= 0.6 is 11.3 Å². The molecule has 7 heteroatoms. The molecule has 2 aromatic rings. The van der Waals surface area contributed by atoms with Gasteiger partial charge in [-0.2, -0.15) is 0 Å². The summed E-state index contributed by atoms with van der Waals surface area (Å²) in [6.07, 6.45) is 0.704. The van der Waals surface area contributed by atoms with Crippen LogP contribution < -0.4 is 0 Å². The van der Waals surface area contributed by atoms with E-state index in [2.05, 4.69) is 4.90 Å². The smallest absolute Gasteiger partial charge is 0.307 e. The molecule has 23 heavy (non-hydrogen) atoms. The van der Waals surface area contributed by atoms with Gasteiger partial charge in [0.05, 0.1) is 10.8 Å². The average molecular weight is 332 g/mol. The number of hydrogen-bond donors (Lipinski definition) is 1. The summed E-state index contributed by atoms with van der Waals surface area (Å²) >= 11 is 1.64. The maximum atomic E-state index is 11.0. The zero-order valence-electron chi connectivity index (χ0n) is 12.3. The van der Waals surface area contributed by atoms with E-state index in [9.17, 15) is 14.9 Å². The molecule has 1 N–H and O–H groups in total. The molecule has 1 aromatic heterocycles. The highest BCUT2D eigenvalue weighted by molar-refractivity contribution is 7.15. The molecule has 0 spiro atoms. The summed E-state index contributed by atoms with van der Waals surface area (Å²) in [5, 5.41) is 19.7. The molecule has 1 aromatic carbocycles. The van der Waals surface area contributed by atoms with E-state index in [4.69, 9.17) is 5.11 Å². The highest BCUT2D eigenvalue weighted by Gasteiger charge is 2.27. The number of hydrogen-bond acceptors (Lipinski definition) is 5. The number of carbonyl (C=O) groups is 1. The Balaban J connectivity index is 1.66. The third-order valence-corrected chi connectivity index (χ3v) is 5.14. The Labute approximate surface area is 137 Å². The second kappa shape index (κ2) is 6.47. The highest BCUT2D eigenvalue weighted by Crippen LogP contribution is 2.31. The van der Waals surface area contributed by atoms with Gasteiger partial charge in [0.15, 0.2) is 0 Å². The largest absolute Gasteiger partial charge is 0.481 e. The minimum absolute atomic E-state index is 0.0855. The van der Waals surface area contributed by atoms with Crippen molar-refractivity contribution in [2.75, 3.05) is 13.1 Å². The van der Waals surface area contributed by atoms with Crippen molar-refractivity contribution in [3.05, 3.63) is 51.4 Å². The molecule has 1 saturated heterocycles. The van der Waals surface area contributed by atoms with Crippen molar-refractivity contribution in [2.24, 2.45) is 5.92 Å². The Hall–Kier alpha value is -2.25. The predicted octanol–water partition coefficient (Wildman–Crippen LogP) is 3.23. The van der Waals surface area contributed by atoms with Crippen LogP contribution in [0.15, 0.2) is 36.4 Å². The van der Waals surface area contributed by atoms with Crippen LogP contribution in [0.3, 0.4) is 0 Å². The molecular formula is C16H16N2O4S. The molecule has 0 saturated carbocycles. The highest BCUT2D eigenvalue weighted by atomic mass is 32.1. The Kier molecular flexibility index (Phi) is 4.40. The van der Waals surface area contributed by atoms with Gasteiger partial charge in [-0.3, -0.25) is 19.8 Å². The minimum atomic E-state index is -0.717. The topological polar surface area (TPSA) is 83.7 Å². The van der Waals surface area contributed by atoms with Crippen molar-refractivity contribution in [2.45, 2.75) is 13.0 Å². The van der Waals surface area contributed by atoms with Crippen LogP contribution in [0.25, 0.3) is 10.4 Å². The summed E-state index contributed by atoms with van der Waals surface area (Å²) < 4.78 is 0. The normalized spacial score (nSPS) is 18.2. The summed E-state index contributed by atoms with van der Waals surface area (Å²) in [6.45, 7) is 2.16. The van der Waals surface area contributed by atoms with Crippen LogP contribution in [0.5, 0.6) is 0 Å². The molecule has 0 bridgehead atoms. The first-order valence-corrected chi connectivity index (χ1v) is 8.13. The Bertz CT molecular complexity index is 726. The summed E-state index contributed by atoms with van der Waals surface area (Å²) in [5.74, 6) is -0.977. The van der Waals surface area contributed by atoms with E-state index in [1.54, 1.807) is 23.5 Å². The number of likely N-dealkylation sites (tertiary alicyclic amines) is 1. The van der Waals surface area contributed by atoms with E-state index in [1.807, 2.05) is 12.1 Å². The van der Waals surface area contributed by atoms with Crippen LogP contribution in [0.1, 0.15) is 11.3 Å². The van der Waals surface area contributed by atoms with Gasteiger partial charge in [0.2, 0.25) is 0 Å². The van der Waals surface area contributed by atoms with E-state index >= 15 is 0 Å². The lowest BCUT2D eigenvalue weighted by Gasteiger charge is -2.13. The monoisotopic (exact) mass is 332 g/mol. The standard InChI is InChI=1S/C16H16N2O4S/c19-16(20)12-7-8-17(9-12)10-14-5-6-15(23-14)11-1-3-13(4-2-11)18(21)22/h1-6,12H,7-10H2,(H,19,20). The molecule has 1 unspecified atom stereocenters. The molecule has 1 aliphatic rings. The van der Waals surface area contributed by atoms with Crippen LogP contribution in [0.4, 0.5) is 5.69 Å². The molecule has 0 aliphatic carbocycles. The number of nitrogens with zero attached hydrogens (tertiary/aromatic N) is 2. The van der Waals surface area contributed by atoms with Gasteiger partial charge in [-0.25, -0.2) is 0 Å². The lowest BCUT2D eigenvalue weighted by Crippen LogP contribution is -2.22. The predicted molar refractivity (Wildman–Crippen MR) is 87.4 cm³/mol. The first kappa shape index (κ1) is 15.6. The van der Waals surface area contributed by atoms with Crippen molar-refractivity contribution in [1.82, 2.24) is 4.90 Å². The summed E-state index contributed by atoms with van der Waals surface area (Å²) in [6, 6.07) is 10.6. The maximum absolute atomic E-state index is 11.0. The number of thiophene rings is 1. The SMILES string of the molecule is O=C(O)C1CCN(Cc2ccc(-c3ccc([N+](=O)[O-])cc3)s2)C1. The van der Waals surface area contributed by atoms with Crippen molar-refractivity contribution in [1.29, 1.82) is 0 Å². The fourth-order valence-corrected chi connectivity index (χ4v) is 3.82. The summed E-state index contributed by atoms with van der Waals surface area (Å²) in [5.41, 5.74) is 1.04. The zero-order chi connectivity index (χ0) is 16.4. The molecule has 0 amide bonds. The second-order valence-corrected chi connectivity index (χ2v) is 6.80. The van der Waals surface area contributed by atoms with Crippen LogP contribution in [-0.2, 0) is 11.3 Å². The van der Waals surface area contributed by atoms with Gasteiger partial charge in [-0.1, -0.05) is 0 Å². The van der Waals surface area contributed by atoms with Crippen molar-refractivity contribution < 1.29 is 14.8 Å². The first-order valence-electron chi connectivity index (χ1n) is 7.31. The summed E-state index contributed by atoms with van der Waals surface area (Å²) in [4.78, 5) is 25.7. The second-order valence-electron chi connectivity index (χ2n) is 5.63. The van der Waals surface area contributed by atoms with Gasteiger partial charge in [0.25, 0.3) is 5.69 Å². The van der Waals surface area contributed by atoms with Gasteiger partial charge < -0.3 is 5.11 Å². The zero-order valence-corrected chi connectivity index (χ0v) is 13.2. The van der Waals surface area contributed by atoms with Crippen molar-refractivity contribution in [3.63, 3.8) is 0 Å².